The van der Waals surface area contributed by atoms with Crippen molar-refractivity contribution in [2.75, 3.05) is 30.8 Å². The Morgan fingerprint density at radius 1 is 1.44 bits per heavy atom. The van der Waals surface area contributed by atoms with Gasteiger partial charge in [-0.05, 0) is 39.5 Å². The van der Waals surface area contributed by atoms with E-state index in [0.717, 1.165) is 49.8 Å². The van der Waals surface area contributed by atoms with Gasteiger partial charge in [0.25, 0.3) is 0 Å². The maximum Gasteiger partial charge on any atom is 0.148 e. The van der Waals surface area contributed by atoms with Gasteiger partial charge in [-0.15, -0.1) is 0 Å². The second-order valence-electron chi connectivity index (χ2n) is 5.32. The molecule has 0 aromatic carbocycles. The molecular formula is C13H24N4O. The van der Waals surface area contributed by atoms with Crippen molar-refractivity contribution in [3.63, 3.8) is 0 Å². The average Bonchev–Trinajstić information content (AvgIpc) is 2.65. The third-order valence-corrected chi connectivity index (χ3v) is 3.52. The van der Waals surface area contributed by atoms with E-state index < -0.39 is 0 Å². The predicted octanol–water partition coefficient (Wildman–Crippen LogP) is 2.19. The SMILES string of the molecule is Cc1nn(C(C)C)c(NCC2CCOCC2)c1N. The molecule has 0 radical (unpaired) electrons. The molecule has 0 atom stereocenters. The fourth-order valence-corrected chi connectivity index (χ4v) is 2.30. The Hall–Kier alpha value is -1.23. The van der Waals surface area contributed by atoms with Gasteiger partial charge in [0.1, 0.15) is 5.82 Å². The van der Waals surface area contributed by atoms with Gasteiger partial charge >= 0.3 is 0 Å². The van der Waals surface area contributed by atoms with Crippen LogP contribution < -0.4 is 11.1 Å². The van der Waals surface area contributed by atoms with Crippen LogP contribution in [0.4, 0.5) is 11.5 Å². The molecule has 1 fully saturated rings. The number of nitrogen functional groups attached to an aromatic ring is 1. The van der Waals surface area contributed by atoms with E-state index >= 15 is 0 Å². The van der Waals surface area contributed by atoms with E-state index in [4.69, 9.17) is 10.5 Å². The van der Waals surface area contributed by atoms with E-state index in [-0.39, 0.29) is 0 Å². The van der Waals surface area contributed by atoms with Gasteiger partial charge in [0.15, 0.2) is 0 Å². The monoisotopic (exact) mass is 252 g/mol. The highest BCUT2D eigenvalue weighted by molar-refractivity contribution is 5.64. The van der Waals surface area contributed by atoms with Gasteiger partial charge in [-0.3, -0.25) is 0 Å². The summed E-state index contributed by atoms with van der Waals surface area (Å²) in [4.78, 5) is 0. The number of nitrogens with two attached hydrogens (primary N) is 1. The van der Waals surface area contributed by atoms with Crippen molar-refractivity contribution in [2.45, 2.75) is 39.7 Å². The van der Waals surface area contributed by atoms with E-state index in [1.54, 1.807) is 0 Å². The normalized spacial score (nSPS) is 17.3. The first kappa shape index (κ1) is 13.2. The van der Waals surface area contributed by atoms with E-state index in [1.807, 2.05) is 11.6 Å². The van der Waals surface area contributed by atoms with Crippen molar-refractivity contribution in [2.24, 2.45) is 5.92 Å². The van der Waals surface area contributed by atoms with Crippen molar-refractivity contribution < 1.29 is 4.74 Å². The number of nitrogens with zero attached hydrogens (tertiary/aromatic N) is 2. The van der Waals surface area contributed by atoms with E-state index in [9.17, 15) is 0 Å². The summed E-state index contributed by atoms with van der Waals surface area (Å²) in [6.45, 7) is 8.89. The molecule has 1 saturated heterocycles. The van der Waals surface area contributed by atoms with Gasteiger partial charge in [-0.1, -0.05) is 0 Å². The van der Waals surface area contributed by atoms with Crippen LogP contribution in [0.3, 0.4) is 0 Å². The Balaban J connectivity index is 2.03. The highest BCUT2D eigenvalue weighted by Crippen LogP contribution is 2.26. The van der Waals surface area contributed by atoms with Crippen LogP contribution in [-0.4, -0.2) is 29.5 Å². The molecule has 18 heavy (non-hydrogen) atoms. The van der Waals surface area contributed by atoms with Crippen LogP contribution in [0.5, 0.6) is 0 Å². The lowest BCUT2D eigenvalue weighted by molar-refractivity contribution is 0.0699. The topological polar surface area (TPSA) is 65.1 Å². The second kappa shape index (κ2) is 5.61. The van der Waals surface area contributed by atoms with Crippen LogP contribution in [0.2, 0.25) is 0 Å². The van der Waals surface area contributed by atoms with Crippen LogP contribution in [0.1, 0.15) is 38.4 Å². The van der Waals surface area contributed by atoms with E-state index in [0.29, 0.717) is 12.0 Å². The number of hydrogen-bond donors (Lipinski definition) is 2. The summed E-state index contributed by atoms with van der Waals surface area (Å²) < 4.78 is 7.35. The minimum atomic E-state index is 0.318. The first-order chi connectivity index (χ1) is 8.59. The highest BCUT2D eigenvalue weighted by Gasteiger charge is 2.18. The van der Waals surface area contributed by atoms with Gasteiger partial charge in [-0.2, -0.15) is 5.10 Å². The highest BCUT2D eigenvalue weighted by atomic mass is 16.5. The maximum atomic E-state index is 6.09. The molecule has 2 heterocycles. The number of hydrogen-bond acceptors (Lipinski definition) is 4. The third kappa shape index (κ3) is 2.77. The predicted molar refractivity (Wildman–Crippen MR) is 73.8 cm³/mol. The van der Waals surface area contributed by atoms with Gasteiger partial charge < -0.3 is 15.8 Å². The molecule has 0 unspecified atom stereocenters. The molecule has 0 bridgehead atoms. The largest absolute Gasteiger partial charge is 0.394 e. The molecule has 3 N–H and O–H groups in total. The van der Waals surface area contributed by atoms with Crippen molar-refractivity contribution >= 4 is 11.5 Å². The van der Waals surface area contributed by atoms with Crippen molar-refractivity contribution in [1.29, 1.82) is 0 Å². The zero-order chi connectivity index (χ0) is 13.1. The second-order valence-corrected chi connectivity index (χ2v) is 5.32. The first-order valence-electron chi connectivity index (χ1n) is 6.75. The molecule has 0 aliphatic carbocycles. The fraction of sp³-hybridized carbons (Fsp3) is 0.769. The molecule has 0 spiro atoms. The summed E-state index contributed by atoms with van der Waals surface area (Å²) in [6.07, 6.45) is 2.25. The summed E-state index contributed by atoms with van der Waals surface area (Å²) in [5.74, 6) is 1.64. The lowest BCUT2D eigenvalue weighted by atomic mass is 10.0. The van der Waals surface area contributed by atoms with Crippen LogP contribution in [-0.2, 0) is 4.74 Å². The average molecular weight is 252 g/mol. The molecule has 1 aromatic rings. The number of ether oxygens (including phenoxy) is 1. The number of anilines is 2. The Morgan fingerprint density at radius 2 is 2.11 bits per heavy atom. The smallest absolute Gasteiger partial charge is 0.148 e. The third-order valence-electron chi connectivity index (χ3n) is 3.52. The molecular weight excluding hydrogens is 228 g/mol. The molecule has 1 aliphatic heterocycles. The molecule has 2 rings (SSSR count). The Morgan fingerprint density at radius 3 is 2.72 bits per heavy atom. The summed E-state index contributed by atoms with van der Waals surface area (Å²) >= 11 is 0. The summed E-state index contributed by atoms with van der Waals surface area (Å²) in [5.41, 5.74) is 7.76. The minimum Gasteiger partial charge on any atom is -0.394 e. The number of nitrogens with one attached hydrogen (secondary N) is 1. The summed E-state index contributed by atoms with van der Waals surface area (Å²) in [5, 5.41) is 7.95. The van der Waals surface area contributed by atoms with Crippen molar-refractivity contribution in [1.82, 2.24) is 9.78 Å². The molecule has 1 aromatic heterocycles. The van der Waals surface area contributed by atoms with E-state index in [1.165, 1.54) is 0 Å². The quantitative estimate of drug-likeness (QED) is 0.862. The summed E-state index contributed by atoms with van der Waals surface area (Å²) in [7, 11) is 0. The van der Waals surface area contributed by atoms with Gasteiger partial charge in [0, 0.05) is 25.8 Å². The minimum absolute atomic E-state index is 0.318. The Bertz CT molecular complexity index is 394. The standard InChI is InChI=1S/C13H24N4O/c1-9(2)17-13(12(14)10(3)16-17)15-8-11-4-6-18-7-5-11/h9,11,15H,4-8,14H2,1-3H3. The Labute approximate surface area is 109 Å². The molecule has 102 valence electrons. The lowest BCUT2D eigenvalue weighted by Crippen LogP contribution is -2.24. The number of aryl methyl sites for hydroxylation is 1. The zero-order valence-electron chi connectivity index (χ0n) is 11.6. The van der Waals surface area contributed by atoms with Gasteiger partial charge in [0.05, 0.1) is 11.4 Å². The molecule has 5 nitrogen and oxygen atoms in total. The maximum absolute atomic E-state index is 6.09. The van der Waals surface area contributed by atoms with Gasteiger partial charge in [-0.25, -0.2) is 4.68 Å². The first-order valence-corrected chi connectivity index (χ1v) is 6.75. The summed E-state index contributed by atoms with van der Waals surface area (Å²) in [6, 6.07) is 0.318. The van der Waals surface area contributed by atoms with Crippen molar-refractivity contribution in [3.8, 4) is 0 Å². The molecule has 1 aliphatic rings. The lowest BCUT2D eigenvalue weighted by Gasteiger charge is -2.23. The van der Waals surface area contributed by atoms with Crippen LogP contribution >= 0.6 is 0 Å². The molecule has 5 heteroatoms. The number of rotatable bonds is 4. The van der Waals surface area contributed by atoms with Crippen molar-refractivity contribution in [3.05, 3.63) is 5.69 Å². The molecule has 0 saturated carbocycles. The molecule has 0 amide bonds. The van der Waals surface area contributed by atoms with E-state index in [2.05, 4.69) is 24.3 Å². The van der Waals surface area contributed by atoms with Crippen LogP contribution in [0.25, 0.3) is 0 Å². The van der Waals surface area contributed by atoms with Crippen LogP contribution in [0, 0.1) is 12.8 Å². The fourth-order valence-electron chi connectivity index (χ4n) is 2.30. The number of aromatic nitrogens is 2. The zero-order valence-corrected chi connectivity index (χ0v) is 11.6. The van der Waals surface area contributed by atoms with Gasteiger partial charge in [0.2, 0.25) is 0 Å². The van der Waals surface area contributed by atoms with Crippen LogP contribution in [0.15, 0.2) is 0 Å². The Kier molecular flexibility index (Phi) is 4.11.